The van der Waals surface area contributed by atoms with Gasteiger partial charge in [0.25, 0.3) is 0 Å². The van der Waals surface area contributed by atoms with Crippen molar-refractivity contribution in [3.8, 4) is 6.07 Å². The lowest BCUT2D eigenvalue weighted by atomic mass is 9.12. The number of aromatic nitrogens is 1. The van der Waals surface area contributed by atoms with Gasteiger partial charge >= 0.3 is 49.4 Å². The van der Waals surface area contributed by atoms with Crippen LogP contribution in [0.5, 0.6) is 0 Å². The molecule has 74 heavy (non-hydrogen) atoms. The Labute approximate surface area is 400 Å². The average molecular weight is 1090 g/mol. The summed E-state index contributed by atoms with van der Waals surface area (Å²) in [6.07, 6.45) is -48.5. The van der Waals surface area contributed by atoms with Gasteiger partial charge in [-0.2, -0.15) is 132 Å². The number of alkyl halides is 24. The van der Waals surface area contributed by atoms with Crippen LogP contribution in [0.1, 0.15) is 63.8 Å². The molecule has 0 saturated carbocycles. The summed E-state index contributed by atoms with van der Waals surface area (Å²) in [5.41, 5.74) is -30.2. The molecule has 0 unspecified atom stereocenters. The maximum Gasteiger partial charge on any atom is 0.416 e. The number of halogens is 24. The van der Waals surface area contributed by atoms with Crippen LogP contribution in [0.15, 0.2) is 116 Å². The van der Waals surface area contributed by atoms with E-state index in [1.807, 2.05) is 30.6 Å². The van der Waals surface area contributed by atoms with E-state index in [0.717, 1.165) is 18.2 Å². The normalized spacial score (nSPS) is 13.3. The lowest BCUT2D eigenvalue weighted by molar-refractivity contribution is -0.890. The zero-order valence-electron chi connectivity index (χ0n) is 36.2. The van der Waals surface area contributed by atoms with Crippen molar-refractivity contribution < 1.29 is 115 Å². The predicted molar refractivity (Wildman–Crippen MR) is 215 cm³/mol. The summed E-state index contributed by atoms with van der Waals surface area (Å²) in [5, 5.41) is 10.8. The van der Waals surface area contributed by atoms with Gasteiger partial charge in [0, 0.05) is 17.2 Å². The summed E-state index contributed by atoms with van der Waals surface area (Å²) >= 11 is 0. The van der Waals surface area contributed by atoms with Gasteiger partial charge in [0.05, 0.1) is 56.0 Å². The van der Waals surface area contributed by atoms with Crippen LogP contribution < -0.4 is 31.4 Å². The molecule has 0 amide bonds. The van der Waals surface area contributed by atoms with E-state index in [-0.39, 0.29) is 0 Å². The second kappa shape index (κ2) is 20.5. The largest absolute Gasteiger partial charge is 0.416 e. The van der Waals surface area contributed by atoms with Crippen LogP contribution in [0.25, 0.3) is 10.8 Å². The molecule has 1 aromatic heterocycles. The number of fused-ring (bicyclic) bond motifs is 1. The summed E-state index contributed by atoms with van der Waals surface area (Å²) < 4.78 is 343. The number of nitriles is 1. The van der Waals surface area contributed by atoms with E-state index in [0.29, 0.717) is 13.0 Å². The first-order valence-electron chi connectivity index (χ1n) is 20.4. The second-order valence-electron chi connectivity index (χ2n) is 16.1. The van der Waals surface area contributed by atoms with Gasteiger partial charge in [-0.3, -0.25) is 4.84 Å². The molecule has 0 saturated heterocycles. The number of rotatable bonds is 9. The van der Waals surface area contributed by atoms with Crippen molar-refractivity contribution in [1.29, 1.82) is 5.26 Å². The summed E-state index contributed by atoms with van der Waals surface area (Å²) in [6, 6.07) is 3.52. The van der Waals surface area contributed by atoms with E-state index in [1.165, 1.54) is 5.39 Å². The maximum absolute atomic E-state index is 14.2. The van der Waals surface area contributed by atoms with Crippen LogP contribution in [0.3, 0.4) is 0 Å². The molecule has 0 atom stereocenters. The molecule has 5 aromatic carbocycles. The zero-order chi connectivity index (χ0) is 55.8. The van der Waals surface area contributed by atoms with E-state index in [2.05, 4.69) is 18.2 Å². The zero-order valence-corrected chi connectivity index (χ0v) is 36.2. The number of hydrogen-bond donors (Lipinski definition) is 0. The molecule has 398 valence electrons. The highest BCUT2D eigenvalue weighted by Gasteiger charge is 2.47. The van der Waals surface area contributed by atoms with Crippen molar-refractivity contribution in [2.75, 3.05) is 6.61 Å². The Morgan fingerprint density at radius 3 is 0.905 bits per heavy atom. The molecular formula is C46H27BF24N2O. The van der Waals surface area contributed by atoms with E-state index >= 15 is 0 Å². The van der Waals surface area contributed by atoms with Crippen LogP contribution in [0.4, 0.5) is 105 Å². The number of unbranched alkanes of at least 4 members (excludes halogenated alkanes) is 2. The number of pyridine rings is 1. The highest BCUT2D eigenvalue weighted by atomic mass is 19.4. The second-order valence-corrected chi connectivity index (χ2v) is 16.1. The van der Waals surface area contributed by atoms with Gasteiger partial charge in [-0.25, -0.2) is 0 Å². The molecule has 0 aliphatic carbocycles. The minimum atomic E-state index is -6.13. The Morgan fingerprint density at radius 2 is 0.649 bits per heavy atom. The monoisotopic (exact) mass is 1090 g/mol. The minimum Gasteiger partial charge on any atom is -0.271 e. The van der Waals surface area contributed by atoms with Crippen molar-refractivity contribution in [3.05, 3.63) is 160 Å². The molecule has 0 aliphatic heterocycles. The van der Waals surface area contributed by atoms with E-state index in [1.54, 1.807) is 4.73 Å². The fraction of sp³-hybridized carbons (Fsp3) is 0.261. The first-order chi connectivity index (χ1) is 33.7. The smallest absolute Gasteiger partial charge is 0.271 e. The lowest BCUT2D eigenvalue weighted by Gasteiger charge is -2.46. The van der Waals surface area contributed by atoms with E-state index < -0.39 is 195 Å². The fourth-order valence-electron chi connectivity index (χ4n) is 7.74. The molecule has 0 radical (unpaired) electrons. The Hall–Kier alpha value is -6.82. The molecule has 3 nitrogen and oxygen atoms in total. The lowest BCUT2D eigenvalue weighted by Crippen LogP contribution is -2.75. The molecule has 0 N–H and O–H groups in total. The Kier molecular flexibility index (Phi) is 16.1. The van der Waals surface area contributed by atoms with Gasteiger partial charge in [0.15, 0.2) is 6.61 Å². The first kappa shape index (κ1) is 58.1. The standard InChI is InChI=1S/C32H12BF24.C14H15N2O/c34-25(35,36)13-1-14(26(37,38)39)6-21(5-13)33(22-7-15(27(40,41)42)2-16(8-22)28(43,44)45,23-9-17(29(46,47)48)3-18(10-23)30(49,50)51)24-11-19(31(52,53)54)4-20(12-24)32(55,56)57;15-9-4-1-5-11-17-16-10-8-13-6-2-3-7-14(13)12-16/h1-12H;2-3,6-8,10,12H,1,4-5,11H2/q-1;+1. The van der Waals surface area contributed by atoms with Crippen molar-refractivity contribution in [2.24, 2.45) is 0 Å². The van der Waals surface area contributed by atoms with E-state index in [4.69, 9.17) is 10.1 Å². The highest BCUT2D eigenvalue weighted by molar-refractivity contribution is 7.20. The molecule has 0 spiro atoms. The third-order valence-electron chi connectivity index (χ3n) is 11.0. The molecule has 0 aliphatic rings. The summed E-state index contributed by atoms with van der Waals surface area (Å²) in [4.78, 5) is 5.57. The fourth-order valence-corrected chi connectivity index (χ4v) is 7.74. The van der Waals surface area contributed by atoms with Crippen molar-refractivity contribution in [3.63, 3.8) is 0 Å². The number of benzene rings is 5. The predicted octanol–water partition coefficient (Wildman–Crippen LogP) is 13.5. The van der Waals surface area contributed by atoms with Gasteiger partial charge in [-0.15, -0.1) is 0 Å². The third-order valence-corrected chi connectivity index (χ3v) is 11.0. The van der Waals surface area contributed by atoms with Gasteiger partial charge in [-0.1, -0.05) is 66.7 Å². The quantitative estimate of drug-likeness (QED) is 0.0626. The summed E-state index contributed by atoms with van der Waals surface area (Å²) in [5.74, 6) is 0. The Balaban J connectivity index is 0.000000500. The molecule has 6 aromatic rings. The van der Waals surface area contributed by atoms with Crippen molar-refractivity contribution in [1.82, 2.24) is 0 Å². The van der Waals surface area contributed by atoms with Gasteiger partial charge < -0.3 is 0 Å². The van der Waals surface area contributed by atoms with E-state index in [9.17, 15) is 105 Å². The summed E-state index contributed by atoms with van der Waals surface area (Å²) in [7, 11) is 0. The van der Waals surface area contributed by atoms with Crippen LogP contribution in [0, 0.1) is 11.3 Å². The van der Waals surface area contributed by atoms with Gasteiger partial charge in [-0.05, 0) is 48.6 Å². The minimum absolute atomic E-state index is 0.603. The molecular weight excluding hydrogens is 1060 g/mol. The maximum atomic E-state index is 14.2. The van der Waals surface area contributed by atoms with Crippen molar-refractivity contribution in [2.45, 2.75) is 68.7 Å². The first-order valence-corrected chi connectivity index (χ1v) is 20.4. The molecule has 0 bridgehead atoms. The molecule has 6 rings (SSSR count). The average Bonchev–Trinajstić information content (AvgIpc) is 3.27. The van der Waals surface area contributed by atoms with Crippen LogP contribution in [-0.4, -0.2) is 12.8 Å². The third kappa shape index (κ3) is 13.7. The highest BCUT2D eigenvalue weighted by Crippen LogP contribution is 2.41. The van der Waals surface area contributed by atoms with Crippen molar-refractivity contribution >= 4 is 38.8 Å². The van der Waals surface area contributed by atoms with Crippen LogP contribution in [0.2, 0.25) is 0 Å². The number of nitrogens with zero attached hydrogens (tertiary/aromatic N) is 2. The molecule has 1 heterocycles. The Morgan fingerprint density at radius 1 is 0.378 bits per heavy atom. The van der Waals surface area contributed by atoms with Crippen LogP contribution >= 0.6 is 0 Å². The van der Waals surface area contributed by atoms with Gasteiger partial charge in [0.2, 0.25) is 12.4 Å². The molecule has 28 heteroatoms. The SMILES string of the molecule is FC(F)(F)c1cc([B-](c2cc(C(F)(F)F)cc(C(F)(F)F)c2)(c2cc(C(F)(F)F)cc(C(F)(F)F)c2)c2cc(C(F)(F)F)cc(C(F)(F)F)c2)cc(C(F)(F)F)c1.N#CCCCCO[n+]1ccc2ccccc2c1. The molecule has 0 fully saturated rings. The Bertz CT molecular complexity index is 2570. The summed E-state index contributed by atoms with van der Waals surface area (Å²) in [6.45, 7) is 0.644. The van der Waals surface area contributed by atoms with Crippen LogP contribution in [-0.2, 0) is 49.4 Å². The number of hydrogen-bond acceptors (Lipinski definition) is 2. The topological polar surface area (TPSA) is 36.9 Å². The van der Waals surface area contributed by atoms with Gasteiger partial charge in [0.1, 0.15) is 6.15 Å².